The number of aliphatic hydroxyl groups excluding tert-OH is 1. The Balaban J connectivity index is 1.82. The number of Topliss-reactive ketones (excluding diaryl/α,β-unsaturated/α-hetero) is 1. The van der Waals surface area contributed by atoms with Crippen LogP contribution in [0.25, 0.3) is 0 Å². The minimum Gasteiger partial charge on any atom is -0.392 e. The molecule has 1 saturated heterocycles. The molecule has 4 rings (SSSR count). The summed E-state index contributed by atoms with van der Waals surface area (Å²) in [7, 11) is 0. The Morgan fingerprint density at radius 3 is 2.80 bits per heavy atom. The van der Waals surface area contributed by atoms with Crippen molar-refractivity contribution in [1.82, 2.24) is 0 Å². The van der Waals surface area contributed by atoms with Gasteiger partial charge in [-0.25, -0.2) is 4.99 Å². The molecule has 2 aliphatic rings. The number of hydrogen-bond acceptors (Lipinski definition) is 5. The largest absolute Gasteiger partial charge is 0.392 e. The van der Waals surface area contributed by atoms with Crippen LogP contribution < -0.4 is 4.90 Å². The summed E-state index contributed by atoms with van der Waals surface area (Å²) in [6.45, 7) is 2.22. The van der Waals surface area contributed by atoms with Crippen LogP contribution in [0.15, 0.2) is 41.4 Å². The molecule has 0 unspecified atom stereocenters. The van der Waals surface area contributed by atoms with Gasteiger partial charge in [0.2, 0.25) is 5.78 Å². The van der Waals surface area contributed by atoms with Gasteiger partial charge in [-0.1, -0.05) is 29.3 Å². The van der Waals surface area contributed by atoms with Crippen LogP contribution in [0.2, 0.25) is 5.02 Å². The van der Waals surface area contributed by atoms with E-state index in [1.54, 1.807) is 30.3 Å². The van der Waals surface area contributed by atoms with E-state index in [1.807, 2.05) is 17.9 Å². The Morgan fingerprint density at radius 2 is 2.08 bits per heavy atom. The monoisotopic (exact) mass is 356 g/mol. The van der Waals surface area contributed by atoms with Crippen molar-refractivity contribution in [2.24, 2.45) is 4.99 Å². The van der Waals surface area contributed by atoms with Gasteiger partial charge in [-0.15, -0.1) is 0 Å². The maximum Gasteiger partial charge on any atom is 0.204 e. The molecule has 1 atom stereocenters. The lowest BCUT2D eigenvalue weighted by Gasteiger charge is -2.30. The SMILES string of the molecule is Cc1ccc2c(c1)C(=O)[C@]1(O)CCN(c3ccc(CO)c(Cl)c3)C1=N2. The first-order chi connectivity index (χ1) is 11.9. The average Bonchev–Trinajstić information content (AvgIpc) is 2.94. The minimum absolute atomic E-state index is 0.144. The van der Waals surface area contributed by atoms with Gasteiger partial charge in [-0.2, -0.15) is 0 Å². The fourth-order valence-corrected chi connectivity index (χ4v) is 3.67. The second-order valence-electron chi connectivity index (χ2n) is 6.48. The van der Waals surface area contributed by atoms with Crippen LogP contribution in [0.3, 0.4) is 0 Å². The second-order valence-corrected chi connectivity index (χ2v) is 6.89. The van der Waals surface area contributed by atoms with Gasteiger partial charge in [-0.05, 0) is 36.8 Å². The van der Waals surface area contributed by atoms with Crippen molar-refractivity contribution in [2.45, 2.75) is 25.6 Å². The highest BCUT2D eigenvalue weighted by Gasteiger charge is 2.52. The van der Waals surface area contributed by atoms with Gasteiger partial charge >= 0.3 is 0 Å². The number of carbonyl (C=O) groups excluding carboxylic acids is 1. The predicted molar refractivity (Wildman–Crippen MR) is 96.9 cm³/mol. The van der Waals surface area contributed by atoms with E-state index in [-0.39, 0.29) is 18.8 Å². The average molecular weight is 357 g/mol. The number of anilines is 1. The molecule has 6 heteroatoms. The standard InChI is InChI=1S/C19H17ClN2O3/c1-11-2-5-16-14(8-11)17(24)19(25)6-7-22(18(19)21-16)13-4-3-12(10-23)15(20)9-13/h2-5,8-9,23,25H,6-7,10H2,1H3/t19-/m1/s1. The van der Waals surface area contributed by atoms with E-state index >= 15 is 0 Å². The van der Waals surface area contributed by atoms with Crippen molar-refractivity contribution in [3.8, 4) is 0 Å². The molecule has 0 amide bonds. The van der Waals surface area contributed by atoms with Crippen LogP contribution in [-0.2, 0) is 6.61 Å². The highest BCUT2D eigenvalue weighted by Crippen LogP contribution is 2.40. The van der Waals surface area contributed by atoms with E-state index in [0.29, 0.717) is 34.2 Å². The normalized spacial score (nSPS) is 21.8. The highest BCUT2D eigenvalue weighted by atomic mass is 35.5. The van der Waals surface area contributed by atoms with Crippen molar-refractivity contribution in [1.29, 1.82) is 0 Å². The smallest absolute Gasteiger partial charge is 0.204 e. The second kappa shape index (κ2) is 5.66. The molecule has 2 aromatic rings. The number of rotatable bonds is 2. The maximum atomic E-state index is 12.9. The lowest BCUT2D eigenvalue weighted by molar-refractivity contribution is 0.0602. The molecular weight excluding hydrogens is 340 g/mol. The van der Waals surface area contributed by atoms with Gasteiger partial charge in [0.1, 0.15) is 5.84 Å². The Morgan fingerprint density at radius 1 is 1.28 bits per heavy atom. The number of fused-ring (bicyclic) bond motifs is 2. The topological polar surface area (TPSA) is 73.1 Å². The van der Waals surface area contributed by atoms with Crippen molar-refractivity contribution in [3.63, 3.8) is 0 Å². The summed E-state index contributed by atoms with van der Waals surface area (Å²) in [6.07, 6.45) is 0.275. The lowest BCUT2D eigenvalue weighted by Crippen LogP contribution is -2.48. The quantitative estimate of drug-likeness (QED) is 0.867. The summed E-state index contributed by atoms with van der Waals surface area (Å²) in [6, 6.07) is 10.7. The number of aliphatic imine (C=N–C) groups is 1. The maximum absolute atomic E-state index is 12.9. The fourth-order valence-electron chi connectivity index (χ4n) is 3.43. The number of nitrogens with zero attached hydrogens (tertiary/aromatic N) is 2. The van der Waals surface area contributed by atoms with E-state index < -0.39 is 5.60 Å². The third kappa shape index (κ3) is 2.39. The van der Waals surface area contributed by atoms with Crippen LogP contribution in [0, 0.1) is 6.92 Å². The van der Waals surface area contributed by atoms with Crippen molar-refractivity contribution < 1.29 is 15.0 Å². The number of hydrogen-bond donors (Lipinski definition) is 2. The van der Waals surface area contributed by atoms with E-state index in [9.17, 15) is 15.0 Å². The molecule has 2 heterocycles. The molecule has 0 radical (unpaired) electrons. The van der Waals surface area contributed by atoms with Crippen LogP contribution in [0.4, 0.5) is 11.4 Å². The number of benzene rings is 2. The zero-order valence-electron chi connectivity index (χ0n) is 13.7. The van der Waals surface area contributed by atoms with Crippen molar-refractivity contribution >= 4 is 34.6 Å². The summed E-state index contributed by atoms with van der Waals surface area (Å²) >= 11 is 6.19. The van der Waals surface area contributed by atoms with Crippen molar-refractivity contribution in [3.05, 3.63) is 58.1 Å². The molecule has 0 bridgehead atoms. The molecule has 2 aromatic carbocycles. The van der Waals surface area contributed by atoms with E-state index in [1.165, 1.54) is 0 Å². The van der Waals surface area contributed by atoms with Gasteiger partial charge in [-0.3, -0.25) is 4.79 Å². The zero-order valence-corrected chi connectivity index (χ0v) is 14.4. The number of carbonyl (C=O) groups is 1. The van der Waals surface area contributed by atoms with Crippen LogP contribution in [-0.4, -0.2) is 34.0 Å². The first kappa shape index (κ1) is 16.3. The number of ketones is 1. The molecule has 0 saturated carbocycles. The van der Waals surface area contributed by atoms with Gasteiger partial charge < -0.3 is 15.1 Å². The van der Waals surface area contributed by atoms with Gasteiger partial charge in [0.25, 0.3) is 0 Å². The highest BCUT2D eigenvalue weighted by molar-refractivity contribution is 6.32. The molecule has 25 heavy (non-hydrogen) atoms. The molecular formula is C19H17ClN2O3. The predicted octanol–water partition coefficient (Wildman–Crippen LogP) is 3.01. The van der Waals surface area contributed by atoms with E-state index in [4.69, 9.17) is 11.6 Å². The van der Waals surface area contributed by atoms with E-state index in [2.05, 4.69) is 4.99 Å². The molecule has 1 fully saturated rings. The molecule has 0 spiro atoms. The summed E-state index contributed by atoms with van der Waals surface area (Å²) in [5.74, 6) is 0.0263. The Labute approximate surface area is 150 Å². The molecule has 0 aromatic heterocycles. The van der Waals surface area contributed by atoms with Gasteiger partial charge in [0.05, 0.1) is 12.3 Å². The summed E-state index contributed by atoms with van der Waals surface area (Å²) < 4.78 is 0. The summed E-state index contributed by atoms with van der Waals surface area (Å²) in [4.78, 5) is 19.3. The summed E-state index contributed by atoms with van der Waals surface area (Å²) in [5.41, 5.74) is 1.74. The van der Waals surface area contributed by atoms with Gasteiger partial charge in [0.15, 0.2) is 5.60 Å². The molecule has 5 nitrogen and oxygen atoms in total. The minimum atomic E-state index is -1.61. The molecule has 2 aliphatic heterocycles. The third-order valence-corrected chi connectivity index (χ3v) is 5.19. The number of halogens is 1. The Bertz CT molecular complexity index is 925. The first-order valence-electron chi connectivity index (χ1n) is 8.08. The first-order valence-corrected chi connectivity index (χ1v) is 8.45. The van der Waals surface area contributed by atoms with Crippen LogP contribution >= 0.6 is 11.6 Å². The fraction of sp³-hybridized carbons (Fsp3) is 0.263. The van der Waals surface area contributed by atoms with Crippen LogP contribution in [0.5, 0.6) is 0 Å². The van der Waals surface area contributed by atoms with Gasteiger partial charge in [0, 0.05) is 29.2 Å². The Kier molecular flexibility index (Phi) is 3.68. The number of aliphatic hydroxyl groups is 2. The zero-order chi connectivity index (χ0) is 17.8. The third-order valence-electron chi connectivity index (χ3n) is 4.84. The van der Waals surface area contributed by atoms with Crippen molar-refractivity contribution in [2.75, 3.05) is 11.4 Å². The lowest BCUT2D eigenvalue weighted by atomic mass is 9.87. The molecule has 0 aliphatic carbocycles. The molecule has 128 valence electrons. The number of amidine groups is 1. The Hall–Kier alpha value is -2.21. The van der Waals surface area contributed by atoms with E-state index in [0.717, 1.165) is 11.3 Å². The number of aryl methyl sites for hydroxylation is 1. The van der Waals surface area contributed by atoms with Crippen LogP contribution in [0.1, 0.15) is 27.9 Å². The molecule has 2 N–H and O–H groups in total. The summed E-state index contributed by atoms with van der Waals surface area (Å²) in [5, 5.41) is 20.7.